The zero-order chi connectivity index (χ0) is 23.0. The molecule has 9 nitrogen and oxygen atoms in total. The topological polar surface area (TPSA) is 99.6 Å². The van der Waals surface area contributed by atoms with Crippen molar-refractivity contribution in [1.82, 2.24) is 14.7 Å². The summed E-state index contributed by atoms with van der Waals surface area (Å²) in [7, 11) is 0. The maximum atomic E-state index is 13.9. The molecule has 0 aromatic rings. The Morgan fingerprint density at radius 1 is 1.06 bits per heavy atom. The van der Waals surface area contributed by atoms with Gasteiger partial charge < -0.3 is 24.4 Å². The van der Waals surface area contributed by atoms with Gasteiger partial charge in [0, 0.05) is 44.5 Å². The lowest BCUT2D eigenvalue weighted by Crippen LogP contribution is -2.54. The highest BCUT2D eigenvalue weighted by molar-refractivity contribution is 8.02. The number of esters is 1. The minimum atomic E-state index is -0.847. The first-order valence-electron chi connectivity index (χ1n) is 11.8. The minimum Gasteiger partial charge on any atom is -0.465 e. The number of amides is 2. The summed E-state index contributed by atoms with van der Waals surface area (Å²) in [6.07, 6.45) is 8.60. The van der Waals surface area contributed by atoms with Gasteiger partial charge in [-0.25, -0.2) is 0 Å². The monoisotopic (exact) mass is 477 g/mol. The van der Waals surface area contributed by atoms with Gasteiger partial charge in [0.15, 0.2) is 0 Å². The molecule has 1 unspecified atom stereocenters. The maximum absolute atomic E-state index is 13.9. The van der Waals surface area contributed by atoms with E-state index in [2.05, 4.69) is 4.90 Å². The molecule has 3 fully saturated rings. The highest BCUT2D eigenvalue weighted by Crippen LogP contribution is 2.60. The third-order valence-corrected chi connectivity index (χ3v) is 9.08. The summed E-state index contributed by atoms with van der Waals surface area (Å²) in [5.41, 5.74) is 0. The summed E-state index contributed by atoms with van der Waals surface area (Å²) in [5, 5.41) is 9.47. The summed E-state index contributed by atoms with van der Waals surface area (Å²) >= 11 is 1.53. The third-order valence-electron chi connectivity index (χ3n) is 7.33. The first-order chi connectivity index (χ1) is 16.1. The number of thioether (sulfide) groups is 1. The van der Waals surface area contributed by atoms with Crippen LogP contribution in [-0.2, 0) is 23.9 Å². The number of aliphatic hydroxyl groups excluding tert-OH is 1. The zero-order valence-corrected chi connectivity index (χ0v) is 19.5. The van der Waals surface area contributed by atoms with Crippen LogP contribution in [0.25, 0.3) is 0 Å². The quantitative estimate of drug-likeness (QED) is 0.418. The van der Waals surface area contributed by atoms with Crippen LogP contribution in [0.1, 0.15) is 6.42 Å². The molecule has 1 spiro atoms. The smallest absolute Gasteiger partial charge is 0.311 e. The van der Waals surface area contributed by atoms with Crippen molar-refractivity contribution in [2.45, 2.75) is 22.5 Å². The highest BCUT2D eigenvalue weighted by Gasteiger charge is 2.70. The fourth-order valence-corrected chi connectivity index (χ4v) is 7.79. The van der Waals surface area contributed by atoms with Gasteiger partial charge in [0.25, 0.3) is 0 Å². The summed E-state index contributed by atoms with van der Waals surface area (Å²) in [5.74, 6) is -2.04. The molecular weight excluding hydrogens is 446 g/mol. The zero-order valence-electron chi connectivity index (χ0n) is 18.6. The van der Waals surface area contributed by atoms with Gasteiger partial charge in [-0.3, -0.25) is 19.3 Å². The first kappa shape index (κ1) is 22.9. The average molecular weight is 478 g/mol. The van der Waals surface area contributed by atoms with Gasteiger partial charge in [0.05, 0.1) is 43.0 Å². The van der Waals surface area contributed by atoms with Gasteiger partial charge in [0.2, 0.25) is 11.8 Å². The normalized spacial score (nSPS) is 36.7. The fourth-order valence-electron chi connectivity index (χ4n) is 5.79. The number of rotatable bonds is 5. The second-order valence-electron chi connectivity index (χ2n) is 9.12. The number of fused-ring (bicyclic) bond motifs is 2. The molecule has 10 heteroatoms. The van der Waals surface area contributed by atoms with Gasteiger partial charge in [-0.1, -0.05) is 24.3 Å². The standard InChI is InChI=1S/C23H31N3O6S/c27-12-9-26-19-21(29)25(8-7-24-10-14-31-15-11-24)6-3-5-23(19)18(20(26)28)17-16(33-23)4-1-2-13-32-22(17)30/h1,3-5,16-19,27H,2,6-15H2/t16-,17+,18+,19?,23+/m1/s1. The number of morpholine rings is 1. The number of nitrogens with zero attached hydrogens (tertiary/aromatic N) is 3. The van der Waals surface area contributed by atoms with E-state index in [1.165, 1.54) is 16.7 Å². The molecule has 33 heavy (non-hydrogen) atoms. The molecule has 0 aliphatic carbocycles. The lowest BCUT2D eigenvalue weighted by Gasteiger charge is -2.36. The van der Waals surface area contributed by atoms with Crippen molar-refractivity contribution in [2.75, 3.05) is 65.7 Å². The highest BCUT2D eigenvalue weighted by atomic mass is 32.2. The Hall–Kier alpha value is -1.88. The summed E-state index contributed by atoms with van der Waals surface area (Å²) in [4.78, 5) is 46.1. The fraction of sp³-hybridized carbons (Fsp3) is 0.696. The van der Waals surface area contributed by atoms with Crippen LogP contribution in [0.5, 0.6) is 0 Å². The van der Waals surface area contributed by atoms with Crippen LogP contribution >= 0.6 is 11.8 Å². The van der Waals surface area contributed by atoms with Gasteiger partial charge in [0.1, 0.15) is 6.04 Å². The van der Waals surface area contributed by atoms with E-state index in [1.807, 2.05) is 24.3 Å². The van der Waals surface area contributed by atoms with Crippen molar-refractivity contribution < 1.29 is 29.0 Å². The molecule has 0 bridgehead atoms. The number of hydrogen-bond donors (Lipinski definition) is 1. The second-order valence-corrected chi connectivity index (χ2v) is 10.6. The van der Waals surface area contributed by atoms with E-state index in [-0.39, 0.29) is 36.2 Å². The van der Waals surface area contributed by atoms with Crippen molar-refractivity contribution in [3.63, 3.8) is 0 Å². The Morgan fingerprint density at radius 2 is 1.88 bits per heavy atom. The van der Waals surface area contributed by atoms with E-state index < -0.39 is 22.6 Å². The van der Waals surface area contributed by atoms with Crippen molar-refractivity contribution in [3.8, 4) is 0 Å². The van der Waals surface area contributed by atoms with Crippen LogP contribution in [0.15, 0.2) is 24.3 Å². The molecule has 2 amide bonds. The largest absolute Gasteiger partial charge is 0.465 e. The Morgan fingerprint density at radius 3 is 2.67 bits per heavy atom. The number of carbonyl (C=O) groups excluding carboxylic acids is 3. The SMILES string of the molecule is O=C1OCCC=C[C@H]2S[C@]34C=CCN(CCN5CCOCC5)C(=O)C3N(CCO)C(=O)[C@@H]4[C@@H]12. The summed E-state index contributed by atoms with van der Waals surface area (Å²) in [6.45, 7) is 4.98. The summed E-state index contributed by atoms with van der Waals surface area (Å²) in [6, 6.07) is -0.745. The number of carbonyl (C=O) groups is 3. The van der Waals surface area contributed by atoms with E-state index >= 15 is 0 Å². The molecule has 0 saturated carbocycles. The Balaban J connectivity index is 1.46. The van der Waals surface area contributed by atoms with Gasteiger partial charge in [-0.05, 0) is 6.42 Å². The Labute approximate surface area is 197 Å². The number of β-amino-alcohol motifs (C(OH)–C–C–N with tert-alkyl or cyclic N) is 1. The van der Waals surface area contributed by atoms with Gasteiger partial charge in [-0.15, -0.1) is 11.8 Å². The molecule has 180 valence electrons. The van der Waals surface area contributed by atoms with Crippen LogP contribution in [0.2, 0.25) is 0 Å². The predicted octanol–water partition coefficient (Wildman–Crippen LogP) is -0.490. The molecule has 1 N–H and O–H groups in total. The predicted molar refractivity (Wildman–Crippen MR) is 121 cm³/mol. The molecule has 3 saturated heterocycles. The number of hydrogen-bond acceptors (Lipinski definition) is 8. The van der Waals surface area contributed by atoms with E-state index in [1.54, 1.807) is 4.90 Å². The van der Waals surface area contributed by atoms with Crippen LogP contribution in [0, 0.1) is 11.8 Å². The lowest BCUT2D eigenvalue weighted by atomic mass is 9.78. The van der Waals surface area contributed by atoms with Crippen LogP contribution in [0.3, 0.4) is 0 Å². The lowest BCUT2D eigenvalue weighted by molar-refractivity contribution is -0.153. The number of cyclic esters (lactones) is 1. The third kappa shape index (κ3) is 3.90. The first-order valence-corrected chi connectivity index (χ1v) is 12.6. The van der Waals surface area contributed by atoms with Crippen molar-refractivity contribution in [3.05, 3.63) is 24.3 Å². The van der Waals surface area contributed by atoms with E-state index in [0.717, 1.165) is 19.6 Å². The number of likely N-dealkylation sites (tertiary alicyclic amines) is 1. The van der Waals surface area contributed by atoms with Crippen molar-refractivity contribution in [1.29, 1.82) is 0 Å². The molecule has 5 rings (SSSR count). The van der Waals surface area contributed by atoms with Crippen molar-refractivity contribution >= 4 is 29.5 Å². The molecule has 0 aromatic carbocycles. The molecule has 5 aliphatic heterocycles. The molecular formula is C23H31N3O6S. The molecule has 5 atom stereocenters. The van der Waals surface area contributed by atoms with E-state index in [0.29, 0.717) is 39.3 Å². The van der Waals surface area contributed by atoms with E-state index in [4.69, 9.17) is 9.47 Å². The molecule has 5 aliphatic rings. The number of ether oxygens (including phenoxy) is 2. The minimum absolute atomic E-state index is 0.0709. The summed E-state index contributed by atoms with van der Waals surface area (Å²) < 4.78 is 10.0. The number of aliphatic hydroxyl groups is 1. The Kier molecular flexibility index (Phi) is 6.52. The molecule has 0 radical (unpaired) electrons. The van der Waals surface area contributed by atoms with Gasteiger partial charge in [-0.2, -0.15) is 0 Å². The average Bonchev–Trinajstić information content (AvgIpc) is 3.18. The Bertz CT molecular complexity index is 859. The van der Waals surface area contributed by atoms with Crippen LogP contribution in [-0.4, -0.2) is 119 Å². The van der Waals surface area contributed by atoms with Gasteiger partial charge >= 0.3 is 5.97 Å². The second kappa shape index (κ2) is 9.40. The maximum Gasteiger partial charge on any atom is 0.311 e. The van der Waals surface area contributed by atoms with Crippen LogP contribution < -0.4 is 0 Å². The molecule has 5 heterocycles. The van der Waals surface area contributed by atoms with Crippen molar-refractivity contribution in [2.24, 2.45) is 11.8 Å². The van der Waals surface area contributed by atoms with E-state index in [9.17, 15) is 19.5 Å². The van der Waals surface area contributed by atoms with Crippen LogP contribution in [0.4, 0.5) is 0 Å². The molecule has 0 aromatic heterocycles.